The van der Waals surface area contributed by atoms with Gasteiger partial charge >= 0.3 is 17.9 Å². The normalized spacial score (nSPS) is 10.8. The number of ketones is 1. The van der Waals surface area contributed by atoms with Crippen molar-refractivity contribution in [3.05, 3.63) is 186 Å². The van der Waals surface area contributed by atoms with Crippen LogP contribution in [0.25, 0.3) is 21.5 Å². The highest BCUT2D eigenvalue weighted by molar-refractivity contribution is 6.28. The van der Waals surface area contributed by atoms with Gasteiger partial charge in [0, 0.05) is 21.9 Å². The van der Waals surface area contributed by atoms with Crippen LogP contribution in [0.1, 0.15) is 47.0 Å². The van der Waals surface area contributed by atoms with Crippen molar-refractivity contribution >= 4 is 45.2 Å². The van der Waals surface area contributed by atoms with Gasteiger partial charge < -0.3 is 14.2 Å². The first kappa shape index (κ1) is 30.8. The lowest BCUT2D eigenvalue weighted by atomic mass is 9.90. The molecule has 0 bridgehead atoms. The lowest BCUT2D eigenvalue weighted by Crippen LogP contribution is -2.14. The summed E-state index contributed by atoms with van der Waals surface area (Å²) in [4.78, 5) is 55.0. The summed E-state index contributed by atoms with van der Waals surface area (Å²) < 4.78 is 18.1. The maximum absolute atomic E-state index is 14.4. The van der Waals surface area contributed by atoms with Crippen LogP contribution >= 0.6 is 0 Å². The van der Waals surface area contributed by atoms with E-state index in [4.69, 9.17) is 14.2 Å². The molecule has 236 valence electrons. The molecule has 0 spiro atoms. The summed E-state index contributed by atoms with van der Waals surface area (Å²) in [7, 11) is 0. The molecule has 0 saturated heterocycles. The number of benzene rings is 7. The highest BCUT2D eigenvalue weighted by atomic mass is 16.6. The average Bonchev–Trinajstić information content (AvgIpc) is 3.16. The molecule has 49 heavy (non-hydrogen) atoms. The van der Waals surface area contributed by atoms with Crippen molar-refractivity contribution in [1.82, 2.24) is 0 Å². The predicted octanol–water partition coefficient (Wildman–Crippen LogP) is 8.88. The lowest BCUT2D eigenvalue weighted by molar-refractivity contribution is 0.0728. The fourth-order valence-corrected chi connectivity index (χ4v) is 5.66. The maximum atomic E-state index is 14.4. The molecule has 7 rings (SSSR count). The van der Waals surface area contributed by atoms with E-state index in [-0.39, 0.29) is 44.9 Å². The van der Waals surface area contributed by atoms with E-state index in [1.807, 2.05) is 0 Å². The topological polar surface area (TPSA) is 96.0 Å². The highest BCUT2D eigenvalue weighted by Crippen LogP contribution is 2.47. The minimum atomic E-state index is -0.710. The molecule has 0 radical (unpaired) electrons. The number of carbonyl (C=O) groups excluding carboxylic acids is 4. The van der Waals surface area contributed by atoms with Crippen LogP contribution < -0.4 is 14.2 Å². The Morgan fingerprint density at radius 3 is 1.08 bits per heavy atom. The summed E-state index contributed by atoms with van der Waals surface area (Å²) in [5, 5.41) is 1.07. The number of ether oxygens (including phenoxy) is 3. The average molecular weight is 643 g/mol. The van der Waals surface area contributed by atoms with E-state index in [1.165, 1.54) is 0 Å². The molecule has 0 aliphatic heterocycles. The lowest BCUT2D eigenvalue weighted by Gasteiger charge is -2.20. The Hall–Kier alpha value is -6.86. The summed E-state index contributed by atoms with van der Waals surface area (Å²) in [5.41, 5.74) is 1.48. The second-order valence-electron chi connectivity index (χ2n) is 11.0. The van der Waals surface area contributed by atoms with Gasteiger partial charge in [-0.2, -0.15) is 0 Å². The van der Waals surface area contributed by atoms with Crippen molar-refractivity contribution in [2.45, 2.75) is 0 Å². The second-order valence-corrected chi connectivity index (χ2v) is 11.0. The van der Waals surface area contributed by atoms with Crippen molar-refractivity contribution < 1.29 is 33.4 Å². The Morgan fingerprint density at radius 2 is 0.694 bits per heavy atom. The minimum absolute atomic E-state index is 0.0374. The van der Waals surface area contributed by atoms with Crippen LogP contribution in [0.5, 0.6) is 17.2 Å². The van der Waals surface area contributed by atoms with Crippen molar-refractivity contribution in [2.24, 2.45) is 0 Å². The van der Waals surface area contributed by atoms with Crippen LogP contribution in [0.15, 0.2) is 158 Å². The van der Waals surface area contributed by atoms with Gasteiger partial charge in [-0.05, 0) is 48.5 Å². The molecule has 7 aromatic carbocycles. The summed E-state index contributed by atoms with van der Waals surface area (Å²) in [6.07, 6.45) is 0. The third kappa shape index (κ3) is 6.16. The fraction of sp³-hybridized carbons (Fsp3) is 0. The van der Waals surface area contributed by atoms with Crippen LogP contribution in [0, 0.1) is 0 Å². The Bertz CT molecular complexity index is 2240. The molecule has 0 aliphatic rings. The summed E-state index contributed by atoms with van der Waals surface area (Å²) in [5.74, 6) is -2.34. The van der Waals surface area contributed by atoms with Gasteiger partial charge in [-0.25, -0.2) is 14.4 Å². The predicted molar refractivity (Wildman–Crippen MR) is 186 cm³/mol. The summed E-state index contributed by atoms with van der Waals surface area (Å²) in [6, 6.07) is 43.8. The van der Waals surface area contributed by atoms with Crippen LogP contribution in [0.2, 0.25) is 0 Å². The van der Waals surface area contributed by atoms with Crippen LogP contribution in [0.4, 0.5) is 0 Å². The van der Waals surface area contributed by atoms with Crippen LogP contribution in [-0.4, -0.2) is 23.7 Å². The molecule has 0 heterocycles. The molecule has 0 amide bonds. The van der Waals surface area contributed by atoms with E-state index >= 15 is 0 Å². The number of hydrogen-bond acceptors (Lipinski definition) is 7. The van der Waals surface area contributed by atoms with Gasteiger partial charge in [0.2, 0.25) is 0 Å². The fourth-order valence-electron chi connectivity index (χ4n) is 5.66. The molecular formula is C42H26O7. The van der Waals surface area contributed by atoms with E-state index in [9.17, 15) is 19.2 Å². The SMILES string of the molecule is O=C(Oc1cccc2c(C(=O)c3ccccc3)c3cccc(OC(=O)c4ccccc4)c3c(OC(=O)c3ccccc3)c12)c1ccccc1. The van der Waals surface area contributed by atoms with Gasteiger partial charge in [0.15, 0.2) is 11.5 Å². The van der Waals surface area contributed by atoms with Crippen LogP contribution in [-0.2, 0) is 0 Å². The van der Waals surface area contributed by atoms with Gasteiger partial charge in [0.25, 0.3) is 0 Å². The van der Waals surface area contributed by atoms with Crippen molar-refractivity contribution in [3.8, 4) is 17.2 Å². The second kappa shape index (κ2) is 13.5. The molecule has 0 aromatic heterocycles. The van der Waals surface area contributed by atoms with Crippen LogP contribution in [0.3, 0.4) is 0 Å². The number of carbonyl (C=O) groups is 4. The number of rotatable bonds is 8. The van der Waals surface area contributed by atoms with E-state index < -0.39 is 17.9 Å². The highest BCUT2D eigenvalue weighted by Gasteiger charge is 2.28. The molecule has 0 N–H and O–H groups in total. The molecule has 7 aromatic rings. The van der Waals surface area contributed by atoms with Gasteiger partial charge in [-0.1, -0.05) is 109 Å². The van der Waals surface area contributed by atoms with Gasteiger partial charge in [-0.3, -0.25) is 4.79 Å². The smallest absolute Gasteiger partial charge is 0.343 e. The third-order valence-corrected chi connectivity index (χ3v) is 7.94. The molecular weight excluding hydrogens is 616 g/mol. The van der Waals surface area contributed by atoms with E-state index in [2.05, 4.69) is 0 Å². The molecule has 7 heteroatoms. The number of fused-ring (bicyclic) bond motifs is 2. The summed E-state index contributed by atoms with van der Waals surface area (Å²) in [6.45, 7) is 0. The standard InChI is InChI=1S/C42H26O7/c43-38(27-15-5-1-6-16-27)35-31-23-13-25-33(47-40(44)28-17-7-2-8-18-28)36(31)39(49-42(46)30-21-11-4-12-22-30)37-32(35)24-14-26-34(37)48-41(45)29-19-9-3-10-20-29/h1-26H. The largest absolute Gasteiger partial charge is 0.422 e. The monoisotopic (exact) mass is 642 g/mol. The van der Waals surface area contributed by atoms with Crippen molar-refractivity contribution in [1.29, 1.82) is 0 Å². The molecule has 7 nitrogen and oxygen atoms in total. The first-order chi connectivity index (χ1) is 24.0. The zero-order chi connectivity index (χ0) is 33.7. The Labute approximate surface area is 280 Å². The minimum Gasteiger partial charge on any atom is -0.422 e. The summed E-state index contributed by atoms with van der Waals surface area (Å²) >= 11 is 0. The molecule has 0 fully saturated rings. The third-order valence-electron chi connectivity index (χ3n) is 7.94. The van der Waals surface area contributed by atoms with Gasteiger partial charge in [0.1, 0.15) is 11.5 Å². The van der Waals surface area contributed by atoms with E-state index in [0.29, 0.717) is 27.5 Å². The Balaban J connectivity index is 1.54. The number of esters is 3. The Kier molecular flexibility index (Phi) is 8.46. The Morgan fingerprint density at radius 1 is 0.347 bits per heavy atom. The van der Waals surface area contributed by atoms with Crippen molar-refractivity contribution in [3.63, 3.8) is 0 Å². The quantitative estimate of drug-likeness (QED) is 0.0707. The number of hydrogen-bond donors (Lipinski definition) is 0. The van der Waals surface area contributed by atoms with Gasteiger partial charge in [-0.15, -0.1) is 0 Å². The zero-order valence-electron chi connectivity index (χ0n) is 25.9. The molecule has 0 saturated carbocycles. The first-order valence-corrected chi connectivity index (χ1v) is 15.4. The van der Waals surface area contributed by atoms with E-state index in [0.717, 1.165) is 0 Å². The maximum Gasteiger partial charge on any atom is 0.343 e. The molecule has 0 aliphatic carbocycles. The van der Waals surface area contributed by atoms with E-state index in [1.54, 1.807) is 158 Å². The first-order valence-electron chi connectivity index (χ1n) is 15.4. The van der Waals surface area contributed by atoms with Gasteiger partial charge in [0.05, 0.1) is 27.5 Å². The zero-order valence-corrected chi connectivity index (χ0v) is 25.9. The molecule has 0 unspecified atom stereocenters. The van der Waals surface area contributed by atoms with Crippen molar-refractivity contribution in [2.75, 3.05) is 0 Å². The molecule has 0 atom stereocenters.